The monoisotopic (exact) mass is 230 g/mol. The molecule has 0 aliphatic carbocycles. The van der Waals surface area contributed by atoms with Crippen LogP contribution in [0.2, 0.25) is 0 Å². The highest BCUT2D eigenvalue weighted by Crippen LogP contribution is 2.02. The molecule has 0 aromatic heterocycles. The molecule has 0 spiro atoms. The van der Waals surface area contributed by atoms with Crippen molar-refractivity contribution < 1.29 is 14.3 Å². The molecule has 0 aliphatic heterocycles. The second-order valence-corrected chi connectivity index (χ2v) is 4.82. The quantitative estimate of drug-likeness (QED) is 0.671. The van der Waals surface area contributed by atoms with Gasteiger partial charge in [0.15, 0.2) is 0 Å². The van der Waals surface area contributed by atoms with Crippen molar-refractivity contribution in [3.63, 3.8) is 0 Å². The van der Waals surface area contributed by atoms with Crippen molar-refractivity contribution in [2.75, 3.05) is 6.54 Å². The maximum absolute atomic E-state index is 11.4. The number of carbonyl (C=O) groups excluding carboxylic acids is 2. The number of hydrogen-bond acceptors (Lipinski definition) is 4. The van der Waals surface area contributed by atoms with E-state index in [0.29, 0.717) is 0 Å². The summed E-state index contributed by atoms with van der Waals surface area (Å²) in [5, 5.41) is 2.61. The third-order valence-corrected chi connectivity index (χ3v) is 1.91. The molecule has 0 saturated carbocycles. The van der Waals surface area contributed by atoms with E-state index < -0.39 is 5.54 Å². The predicted octanol–water partition coefficient (Wildman–Crippen LogP) is 0.428. The van der Waals surface area contributed by atoms with Crippen LogP contribution in [-0.4, -0.2) is 30.1 Å². The average molecular weight is 230 g/mol. The van der Waals surface area contributed by atoms with Gasteiger partial charge in [-0.25, -0.2) is 0 Å². The van der Waals surface area contributed by atoms with Crippen LogP contribution in [0.4, 0.5) is 0 Å². The average Bonchev–Trinajstić information content (AvgIpc) is 2.10. The number of esters is 1. The maximum atomic E-state index is 11.4. The van der Waals surface area contributed by atoms with E-state index in [1.807, 2.05) is 0 Å². The SMILES string of the molecule is CC(C)OC(=O)C(C)CNC(=O)C(C)(C)N. The molecule has 16 heavy (non-hydrogen) atoms. The van der Waals surface area contributed by atoms with E-state index in [0.717, 1.165) is 0 Å². The fourth-order valence-electron chi connectivity index (χ4n) is 0.905. The summed E-state index contributed by atoms with van der Waals surface area (Å²) < 4.78 is 5.01. The van der Waals surface area contributed by atoms with Crippen LogP contribution in [0, 0.1) is 5.92 Å². The van der Waals surface area contributed by atoms with Crippen LogP contribution in [0.5, 0.6) is 0 Å². The van der Waals surface area contributed by atoms with Crippen LogP contribution in [0.25, 0.3) is 0 Å². The van der Waals surface area contributed by atoms with Gasteiger partial charge in [-0.2, -0.15) is 0 Å². The zero-order valence-corrected chi connectivity index (χ0v) is 10.7. The van der Waals surface area contributed by atoms with Crippen LogP contribution < -0.4 is 11.1 Å². The van der Waals surface area contributed by atoms with Gasteiger partial charge < -0.3 is 15.8 Å². The van der Waals surface area contributed by atoms with E-state index in [-0.39, 0.29) is 30.4 Å². The molecule has 1 atom stereocenters. The first-order chi connectivity index (χ1) is 7.14. The topological polar surface area (TPSA) is 81.4 Å². The van der Waals surface area contributed by atoms with Gasteiger partial charge in [0, 0.05) is 6.54 Å². The second-order valence-electron chi connectivity index (χ2n) is 4.82. The molecule has 0 aromatic carbocycles. The van der Waals surface area contributed by atoms with Gasteiger partial charge in [-0.15, -0.1) is 0 Å². The minimum Gasteiger partial charge on any atom is -0.463 e. The minimum absolute atomic E-state index is 0.142. The van der Waals surface area contributed by atoms with Crippen LogP contribution in [0.15, 0.2) is 0 Å². The molecule has 5 nitrogen and oxygen atoms in total. The van der Waals surface area contributed by atoms with Crippen molar-refractivity contribution in [2.45, 2.75) is 46.3 Å². The number of hydrogen-bond donors (Lipinski definition) is 2. The summed E-state index contributed by atoms with van der Waals surface area (Å²) in [4.78, 5) is 22.8. The highest BCUT2D eigenvalue weighted by molar-refractivity contribution is 5.85. The summed E-state index contributed by atoms with van der Waals surface area (Å²) in [5.74, 6) is -0.962. The molecule has 0 radical (unpaired) electrons. The Bertz CT molecular complexity index is 256. The summed E-state index contributed by atoms with van der Waals surface area (Å²) >= 11 is 0. The van der Waals surface area contributed by atoms with Gasteiger partial charge >= 0.3 is 5.97 Å². The largest absolute Gasteiger partial charge is 0.463 e. The molecule has 0 aromatic rings. The smallest absolute Gasteiger partial charge is 0.310 e. The molecule has 0 heterocycles. The van der Waals surface area contributed by atoms with Gasteiger partial charge in [0.1, 0.15) is 0 Å². The lowest BCUT2D eigenvalue weighted by Crippen LogP contribution is -2.50. The molecule has 0 saturated heterocycles. The van der Waals surface area contributed by atoms with Gasteiger partial charge in [-0.3, -0.25) is 9.59 Å². The number of ether oxygens (including phenoxy) is 1. The van der Waals surface area contributed by atoms with Crippen molar-refractivity contribution in [3.05, 3.63) is 0 Å². The van der Waals surface area contributed by atoms with Crippen LogP contribution in [0.3, 0.4) is 0 Å². The molecule has 0 fully saturated rings. The lowest BCUT2D eigenvalue weighted by Gasteiger charge is -2.20. The number of rotatable bonds is 5. The summed E-state index contributed by atoms with van der Waals surface area (Å²) in [6.07, 6.45) is -0.142. The molecule has 0 rings (SSSR count). The molecular weight excluding hydrogens is 208 g/mol. The Kier molecular flexibility index (Phi) is 5.44. The number of nitrogens with one attached hydrogen (secondary N) is 1. The Balaban J connectivity index is 4.03. The van der Waals surface area contributed by atoms with Crippen molar-refractivity contribution >= 4 is 11.9 Å². The first-order valence-corrected chi connectivity index (χ1v) is 5.42. The predicted molar refractivity (Wildman–Crippen MR) is 61.7 cm³/mol. The Hall–Kier alpha value is -1.10. The van der Waals surface area contributed by atoms with Gasteiger partial charge in [0.05, 0.1) is 17.6 Å². The first kappa shape index (κ1) is 14.9. The molecule has 1 amide bonds. The Morgan fingerprint density at radius 3 is 2.19 bits per heavy atom. The summed E-state index contributed by atoms with van der Waals surface area (Å²) in [5.41, 5.74) is 4.66. The molecule has 1 unspecified atom stereocenters. The summed E-state index contributed by atoms with van der Waals surface area (Å²) in [6, 6.07) is 0. The molecule has 94 valence electrons. The molecule has 0 aliphatic rings. The maximum Gasteiger partial charge on any atom is 0.310 e. The number of amides is 1. The Morgan fingerprint density at radius 1 is 1.31 bits per heavy atom. The second kappa shape index (κ2) is 5.84. The zero-order valence-electron chi connectivity index (χ0n) is 10.7. The van der Waals surface area contributed by atoms with E-state index in [1.54, 1.807) is 34.6 Å². The minimum atomic E-state index is -0.929. The highest BCUT2D eigenvalue weighted by Gasteiger charge is 2.23. The van der Waals surface area contributed by atoms with Crippen LogP contribution >= 0.6 is 0 Å². The lowest BCUT2D eigenvalue weighted by atomic mass is 10.1. The van der Waals surface area contributed by atoms with E-state index in [2.05, 4.69) is 5.32 Å². The molecule has 3 N–H and O–H groups in total. The first-order valence-electron chi connectivity index (χ1n) is 5.42. The van der Waals surface area contributed by atoms with Gasteiger partial charge in [-0.1, -0.05) is 6.92 Å². The highest BCUT2D eigenvalue weighted by atomic mass is 16.5. The fraction of sp³-hybridized carbons (Fsp3) is 0.818. The number of nitrogens with two attached hydrogens (primary N) is 1. The van der Waals surface area contributed by atoms with Gasteiger partial charge in [0.2, 0.25) is 5.91 Å². The van der Waals surface area contributed by atoms with E-state index in [9.17, 15) is 9.59 Å². The zero-order chi connectivity index (χ0) is 12.9. The Morgan fingerprint density at radius 2 is 1.81 bits per heavy atom. The lowest BCUT2D eigenvalue weighted by molar-refractivity contribution is -0.151. The Labute approximate surface area is 96.7 Å². The van der Waals surface area contributed by atoms with Crippen molar-refractivity contribution in [2.24, 2.45) is 11.7 Å². The number of carbonyl (C=O) groups is 2. The fourth-order valence-corrected chi connectivity index (χ4v) is 0.905. The van der Waals surface area contributed by atoms with Crippen LogP contribution in [-0.2, 0) is 14.3 Å². The van der Waals surface area contributed by atoms with Crippen molar-refractivity contribution in [3.8, 4) is 0 Å². The van der Waals surface area contributed by atoms with Crippen LogP contribution in [0.1, 0.15) is 34.6 Å². The standard InChI is InChI=1S/C11H22N2O3/c1-7(2)16-9(14)8(3)6-13-10(15)11(4,5)12/h7-8H,6,12H2,1-5H3,(H,13,15). The summed E-state index contributed by atoms with van der Waals surface area (Å²) in [7, 11) is 0. The normalized spacial score (nSPS) is 13.4. The molecule has 0 bridgehead atoms. The van der Waals surface area contributed by atoms with Gasteiger partial charge in [-0.05, 0) is 27.7 Å². The molecular formula is C11H22N2O3. The molecule has 5 heteroatoms. The third-order valence-electron chi connectivity index (χ3n) is 1.91. The summed E-state index contributed by atoms with van der Waals surface area (Å²) in [6.45, 7) is 8.73. The van der Waals surface area contributed by atoms with E-state index in [4.69, 9.17) is 10.5 Å². The van der Waals surface area contributed by atoms with E-state index >= 15 is 0 Å². The third kappa shape index (κ3) is 5.70. The van der Waals surface area contributed by atoms with Gasteiger partial charge in [0.25, 0.3) is 0 Å². The van der Waals surface area contributed by atoms with Crippen molar-refractivity contribution in [1.82, 2.24) is 5.32 Å². The van der Waals surface area contributed by atoms with Crippen molar-refractivity contribution in [1.29, 1.82) is 0 Å². The van der Waals surface area contributed by atoms with E-state index in [1.165, 1.54) is 0 Å².